The molecule has 0 amide bonds. The minimum Gasteiger partial charge on any atom is -0.477 e. The van der Waals surface area contributed by atoms with E-state index in [2.05, 4.69) is 255 Å². The van der Waals surface area contributed by atoms with Gasteiger partial charge in [0.2, 0.25) is 0 Å². The molecule has 8 heteroatoms. The van der Waals surface area contributed by atoms with E-state index in [0.717, 1.165) is 53.5 Å². The number of carbonyl (C=O) groups is 1. The van der Waals surface area contributed by atoms with Crippen molar-refractivity contribution in [3.63, 3.8) is 0 Å². The molecule has 0 aliphatic rings. The first-order valence-electron chi connectivity index (χ1n) is 26.8. The Bertz CT molecular complexity index is 3870. The molecule has 6 nitrogen and oxygen atoms in total. The van der Waals surface area contributed by atoms with Crippen molar-refractivity contribution >= 4 is 95.4 Å². The number of aromatic nitrogens is 2. The first kappa shape index (κ1) is 52.1. The van der Waals surface area contributed by atoms with E-state index in [0.29, 0.717) is 0 Å². The van der Waals surface area contributed by atoms with Crippen LogP contribution in [0.25, 0.3) is 81.3 Å². The largest absolute Gasteiger partial charge is 0.477 e. The highest BCUT2D eigenvalue weighted by atomic mass is 32.1. The summed E-state index contributed by atoms with van der Waals surface area (Å²) in [6.45, 7) is 27.4. The summed E-state index contributed by atoms with van der Waals surface area (Å²) in [6.07, 6.45) is 1.43. The summed E-state index contributed by atoms with van der Waals surface area (Å²) in [4.78, 5) is 17.8. The third-order valence-corrected chi connectivity index (χ3v) is 17.6. The standard InChI is InChI=1S/C70H66N4O2S2/c1-67(2,3)45-15-30-59-55(38-45)56-39-46(68(4,5)6)16-31-60(56)73(59)52-25-21-50(22-26-52)72(49-19-13-43(14-20-49)63-35-36-65(78-63)64-34-29-54(77-64)37-44(42-71)66(75)76)51-23-27-53(28-24-51)74-61-32-17-47(69(7,8)9)40-57(61)58-41-48(70(10,11)12)18-33-62(58)74/h13-41H,1-12H3,(H,75,76)/b44-37+. The van der Waals surface area contributed by atoms with Crippen LogP contribution in [0.2, 0.25) is 0 Å². The van der Waals surface area contributed by atoms with Crippen molar-refractivity contribution in [1.29, 1.82) is 5.26 Å². The molecule has 11 rings (SSSR count). The molecule has 1 N–H and O–H groups in total. The Hall–Kier alpha value is -7.96. The van der Waals surface area contributed by atoms with Crippen molar-refractivity contribution < 1.29 is 9.90 Å². The molecule has 0 aliphatic heterocycles. The molecule has 4 heterocycles. The van der Waals surface area contributed by atoms with Crippen molar-refractivity contribution in [2.75, 3.05) is 4.90 Å². The number of thiophene rings is 2. The third-order valence-electron chi connectivity index (χ3n) is 15.2. The lowest BCUT2D eigenvalue weighted by molar-refractivity contribution is -0.132. The highest BCUT2D eigenvalue weighted by Gasteiger charge is 2.24. The molecule has 0 bridgehead atoms. The van der Waals surface area contributed by atoms with Gasteiger partial charge < -0.3 is 19.1 Å². The van der Waals surface area contributed by atoms with E-state index in [1.165, 1.54) is 83.3 Å². The van der Waals surface area contributed by atoms with E-state index in [1.807, 2.05) is 12.1 Å². The Morgan fingerprint density at radius 2 is 0.782 bits per heavy atom. The second-order valence-electron chi connectivity index (χ2n) is 24.9. The molecule has 11 aromatic rings. The lowest BCUT2D eigenvalue weighted by Crippen LogP contribution is -2.11. The topological polar surface area (TPSA) is 74.2 Å². The minimum atomic E-state index is -1.23. The quantitative estimate of drug-likeness (QED) is 0.115. The molecule has 7 aromatic carbocycles. The number of fused-ring (bicyclic) bond motifs is 6. The van der Waals surface area contributed by atoms with E-state index >= 15 is 0 Å². The van der Waals surface area contributed by atoms with Crippen LogP contribution in [0.15, 0.2) is 175 Å². The van der Waals surface area contributed by atoms with Gasteiger partial charge in [-0.1, -0.05) is 119 Å². The average molecular weight is 1060 g/mol. The fourth-order valence-corrected chi connectivity index (χ4v) is 12.7. The number of nitriles is 1. The molecule has 0 saturated carbocycles. The maximum Gasteiger partial charge on any atom is 0.346 e. The molecule has 78 heavy (non-hydrogen) atoms. The van der Waals surface area contributed by atoms with Gasteiger partial charge in [0.25, 0.3) is 0 Å². The molecule has 4 aromatic heterocycles. The maximum atomic E-state index is 11.5. The molecule has 0 saturated heterocycles. The number of rotatable bonds is 9. The van der Waals surface area contributed by atoms with Gasteiger partial charge in [-0.3, -0.25) is 0 Å². The Morgan fingerprint density at radius 1 is 0.449 bits per heavy atom. The van der Waals surface area contributed by atoms with Gasteiger partial charge in [-0.25, -0.2) is 4.79 Å². The summed E-state index contributed by atoms with van der Waals surface area (Å²) in [5, 5.41) is 23.8. The third kappa shape index (κ3) is 9.65. The van der Waals surface area contributed by atoms with Crippen LogP contribution in [0.4, 0.5) is 17.1 Å². The SMILES string of the molecule is CC(C)(C)c1ccc2c(c1)c1cc(C(C)(C)C)ccc1n2-c1ccc(N(c2ccc(-c3ccc(-c4ccc(/C=C(\C#N)C(=O)O)s4)s3)cc2)c2ccc(-n3c4ccc(C(C)(C)C)cc4c4cc(C(C)(C)C)ccc43)cc2)cc1. The smallest absolute Gasteiger partial charge is 0.346 e. The van der Waals surface area contributed by atoms with Crippen molar-refractivity contribution in [3.8, 4) is 37.6 Å². The number of carboxylic acids is 1. The van der Waals surface area contributed by atoms with E-state index in [9.17, 15) is 15.2 Å². The van der Waals surface area contributed by atoms with Crippen LogP contribution < -0.4 is 4.90 Å². The lowest BCUT2D eigenvalue weighted by Gasteiger charge is -2.26. The van der Waals surface area contributed by atoms with Crippen molar-refractivity contribution in [2.45, 2.75) is 105 Å². The second kappa shape index (κ2) is 19.2. The van der Waals surface area contributed by atoms with Gasteiger partial charge in [0.15, 0.2) is 0 Å². The zero-order valence-electron chi connectivity index (χ0n) is 46.7. The lowest BCUT2D eigenvalue weighted by atomic mass is 9.85. The predicted octanol–water partition coefficient (Wildman–Crippen LogP) is 20.0. The van der Waals surface area contributed by atoms with Crippen LogP contribution >= 0.6 is 22.7 Å². The van der Waals surface area contributed by atoms with Crippen LogP contribution in [0.1, 0.15) is 110 Å². The van der Waals surface area contributed by atoms with Gasteiger partial charge in [-0.15, -0.1) is 22.7 Å². The second-order valence-corrected chi connectivity index (χ2v) is 27.1. The highest BCUT2D eigenvalue weighted by molar-refractivity contribution is 7.24. The van der Waals surface area contributed by atoms with Crippen molar-refractivity contribution in [2.24, 2.45) is 0 Å². The zero-order chi connectivity index (χ0) is 55.2. The number of anilines is 3. The molecular weight excluding hydrogens is 993 g/mol. The predicted molar refractivity (Wildman–Crippen MR) is 332 cm³/mol. The van der Waals surface area contributed by atoms with Crippen LogP contribution in [0, 0.1) is 11.3 Å². The van der Waals surface area contributed by atoms with Crippen molar-refractivity contribution in [3.05, 3.63) is 203 Å². The number of aliphatic carboxylic acids is 1. The Labute approximate surface area is 466 Å². The summed E-state index contributed by atoms with van der Waals surface area (Å²) in [5.41, 5.74) is 16.2. The van der Waals surface area contributed by atoms with E-state index < -0.39 is 5.97 Å². The summed E-state index contributed by atoms with van der Waals surface area (Å²) < 4.78 is 4.84. The molecule has 390 valence electrons. The average Bonchev–Trinajstić information content (AvgIpc) is 4.42. The molecular formula is C70H66N4O2S2. The van der Waals surface area contributed by atoms with Gasteiger partial charge in [0.1, 0.15) is 11.6 Å². The Kier molecular flexibility index (Phi) is 12.8. The summed E-state index contributed by atoms with van der Waals surface area (Å²) in [5.74, 6) is -1.23. The zero-order valence-corrected chi connectivity index (χ0v) is 48.3. The van der Waals surface area contributed by atoms with E-state index in [4.69, 9.17) is 0 Å². The number of benzene rings is 7. The summed E-state index contributed by atoms with van der Waals surface area (Å²) >= 11 is 3.16. The molecule has 0 unspecified atom stereocenters. The number of hydrogen-bond acceptors (Lipinski definition) is 5. The Morgan fingerprint density at radius 3 is 1.13 bits per heavy atom. The fourth-order valence-electron chi connectivity index (χ4n) is 10.7. The van der Waals surface area contributed by atoms with Gasteiger partial charge in [0, 0.05) is 69.5 Å². The number of hydrogen-bond donors (Lipinski definition) is 1. The van der Waals surface area contributed by atoms with Crippen LogP contribution in [-0.2, 0) is 26.5 Å². The van der Waals surface area contributed by atoms with Crippen molar-refractivity contribution in [1.82, 2.24) is 9.13 Å². The van der Waals surface area contributed by atoms with Gasteiger partial charge in [-0.05, 0) is 189 Å². The van der Waals surface area contributed by atoms with E-state index in [-0.39, 0.29) is 27.2 Å². The van der Waals surface area contributed by atoms with Gasteiger partial charge >= 0.3 is 5.97 Å². The van der Waals surface area contributed by atoms with Crippen LogP contribution in [-0.4, -0.2) is 20.2 Å². The first-order valence-corrected chi connectivity index (χ1v) is 28.4. The summed E-state index contributed by atoms with van der Waals surface area (Å²) in [6, 6.07) is 64.7. The monoisotopic (exact) mass is 1060 g/mol. The van der Waals surface area contributed by atoms with Crippen LogP contribution in [0.3, 0.4) is 0 Å². The molecule has 0 aliphatic carbocycles. The molecule has 0 spiro atoms. The van der Waals surface area contributed by atoms with Crippen LogP contribution in [0.5, 0.6) is 0 Å². The fraction of sp³-hybridized carbons (Fsp3) is 0.229. The Balaban J connectivity index is 1.01. The van der Waals surface area contributed by atoms with E-state index in [1.54, 1.807) is 17.4 Å². The first-order chi connectivity index (χ1) is 36.9. The molecule has 0 atom stereocenters. The molecule has 0 radical (unpaired) electrons. The maximum absolute atomic E-state index is 11.5. The van der Waals surface area contributed by atoms with Gasteiger partial charge in [-0.2, -0.15) is 5.26 Å². The minimum absolute atomic E-state index is 0.0112. The number of nitrogens with zero attached hydrogens (tertiary/aromatic N) is 4. The number of carboxylic acid groups (broad SMARTS) is 1. The summed E-state index contributed by atoms with van der Waals surface area (Å²) in [7, 11) is 0. The van der Waals surface area contributed by atoms with Gasteiger partial charge in [0.05, 0.1) is 22.1 Å². The highest BCUT2D eigenvalue weighted by Crippen LogP contribution is 2.44. The molecule has 0 fully saturated rings. The normalized spacial score (nSPS) is 12.8.